The van der Waals surface area contributed by atoms with Crippen LogP contribution in [0, 0.1) is 0 Å². The highest BCUT2D eigenvalue weighted by molar-refractivity contribution is 6.35. The lowest BCUT2D eigenvalue weighted by atomic mass is 10.0. The zero-order valence-electron chi connectivity index (χ0n) is 14.4. The monoisotopic (exact) mass is 439 g/mol. The molecule has 0 radical (unpaired) electrons. The van der Waals surface area contributed by atoms with Gasteiger partial charge in [-0.05, 0) is 55.2 Å². The van der Waals surface area contributed by atoms with Crippen molar-refractivity contribution >= 4 is 52.2 Å². The molecule has 2 heterocycles. The van der Waals surface area contributed by atoms with Gasteiger partial charge >= 0.3 is 0 Å². The van der Waals surface area contributed by atoms with Gasteiger partial charge in [-0.2, -0.15) is 5.10 Å². The van der Waals surface area contributed by atoms with E-state index in [0.717, 1.165) is 48.6 Å². The van der Waals surface area contributed by atoms with Crippen LogP contribution in [-0.4, -0.2) is 16.3 Å². The summed E-state index contributed by atoms with van der Waals surface area (Å²) in [6.07, 6.45) is 3.81. The molecule has 1 aromatic heterocycles. The molecular weight excluding hydrogens is 424 g/mol. The standard InChI is InChI=1S/C20H17Cl4N3/c21-13-5-4-12(17(24)10-13)9-18-15-3-1-2-8-25-20(15)27(26-18)19-11-14(22)6-7-16(19)23/h4-7,10-11,25H,1-3,8-9H2. The molecule has 0 spiro atoms. The van der Waals surface area contributed by atoms with Crippen molar-refractivity contribution in [3.8, 4) is 5.69 Å². The molecule has 140 valence electrons. The number of nitrogens with zero attached hydrogens (tertiary/aromatic N) is 2. The van der Waals surface area contributed by atoms with Gasteiger partial charge in [0.2, 0.25) is 0 Å². The first-order valence-corrected chi connectivity index (χ1v) is 10.3. The molecule has 27 heavy (non-hydrogen) atoms. The molecule has 0 saturated carbocycles. The maximum Gasteiger partial charge on any atom is 0.133 e. The average Bonchev–Trinajstić information content (AvgIpc) is 2.80. The Morgan fingerprint density at radius 2 is 1.70 bits per heavy atom. The fourth-order valence-corrected chi connectivity index (χ4v) is 4.22. The van der Waals surface area contributed by atoms with Gasteiger partial charge in [-0.1, -0.05) is 52.5 Å². The Balaban J connectivity index is 1.83. The summed E-state index contributed by atoms with van der Waals surface area (Å²) in [5.41, 5.74) is 3.95. The van der Waals surface area contributed by atoms with Crippen LogP contribution in [0.3, 0.4) is 0 Å². The summed E-state index contributed by atoms with van der Waals surface area (Å²) in [4.78, 5) is 0. The maximum atomic E-state index is 6.44. The van der Waals surface area contributed by atoms with Crippen LogP contribution in [0.5, 0.6) is 0 Å². The number of hydrogen-bond acceptors (Lipinski definition) is 2. The molecule has 0 bridgehead atoms. The van der Waals surface area contributed by atoms with Gasteiger partial charge in [-0.3, -0.25) is 0 Å². The Kier molecular flexibility index (Phi) is 5.56. The summed E-state index contributed by atoms with van der Waals surface area (Å²) in [7, 11) is 0. The van der Waals surface area contributed by atoms with E-state index in [4.69, 9.17) is 51.5 Å². The van der Waals surface area contributed by atoms with Crippen LogP contribution in [0.1, 0.15) is 29.7 Å². The lowest BCUT2D eigenvalue weighted by Gasteiger charge is -2.11. The molecule has 1 aliphatic rings. The lowest BCUT2D eigenvalue weighted by Crippen LogP contribution is -2.07. The summed E-state index contributed by atoms with van der Waals surface area (Å²) in [5, 5.41) is 10.9. The van der Waals surface area contributed by atoms with Gasteiger partial charge in [0.15, 0.2) is 0 Å². The van der Waals surface area contributed by atoms with Gasteiger partial charge in [0.1, 0.15) is 5.82 Å². The molecule has 3 aromatic rings. The van der Waals surface area contributed by atoms with Gasteiger partial charge in [0, 0.05) is 33.6 Å². The predicted octanol–water partition coefficient (Wildman–Crippen LogP) is 6.82. The molecular formula is C20H17Cl4N3. The Bertz CT molecular complexity index is 997. The number of fused-ring (bicyclic) bond motifs is 1. The summed E-state index contributed by atoms with van der Waals surface area (Å²) in [6, 6.07) is 11.0. The van der Waals surface area contributed by atoms with E-state index >= 15 is 0 Å². The van der Waals surface area contributed by atoms with E-state index in [1.165, 1.54) is 5.56 Å². The number of anilines is 1. The molecule has 1 aliphatic heterocycles. The second-order valence-corrected chi connectivity index (χ2v) is 8.27. The minimum Gasteiger partial charge on any atom is -0.370 e. The first-order chi connectivity index (χ1) is 13.0. The van der Waals surface area contributed by atoms with Crippen molar-refractivity contribution in [3.63, 3.8) is 0 Å². The van der Waals surface area contributed by atoms with Crippen molar-refractivity contribution in [1.82, 2.24) is 9.78 Å². The minimum atomic E-state index is 0.604. The molecule has 0 amide bonds. The van der Waals surface area contributed by atoms with Crippen molar-refractivity contribution < 1.29 is 0 Å². The first kappa shape index (κ1) is 18.9. The van der Waals surface area contributed by atoms with E-state index in [1.807, 2.05) is 22.9 Å². The van der Waals surface area contributed by atoms with E-state index < -0.39 is 0 Å². The fraction of sp³-hybridized carbons (Fsp3) is 0.250. The third-order valence-corrected chi connectivity index (χ3v) is 5.86. The highest BCUT2D eigenvalue weighted by Gasteiger charge is 2.22. The number of benzene rings is 2. The van der Waals surface area contributed by atoms with Gasteiger partial charge in [-0.25, -0.2) is 4.68 Å². The topological polar surface area (TPSA) is 29.9 Å². The third-order valence-electron chi connectivity index (χ3n) is 4.72. The minimum absolute atomic E-state index is 0.604. The SMILES string of the molecule is Clc1ccc(Cc2nn(-c3cc(Cl)ccc3Cl)c3c2CCCCN3)c(Cl)c1. The van der Waals surface area contributed by atoms with Crippen LogP contribution in [0.15, 0.2) is 36.4 Å². The Morgan fingerprint density at radius 3 is 2.52 bits per heavy atom. The second-order valence-electron chi connectivity index (χ2n) is 6.58. The van der Waals surface area contributed by atoms with Gasteiger partial charge in [-0.15, -0.1) is 0 Å². The lowest BCUT2D eigenvalue weighted by molar-refractivity contribution is 0.767. The quantitative estimate of drug-likeness (QED) is 0.483. The van der Waals surface area contributed by atoms with Crippen molar-refractivity contribution in [2.45, 2.75) is 25.7 Å². The normalized spacial score (nSPS) is 13.8. The maximum absolute atomic E-state index is 6.44. The average molecular weight is 441 g/mol. The Hall–Kier alpha value is -1.39. The molecule has 3 nitrogen and oxygen atoms in total. The smallest absolute Gasteiger partial charge is 0.133 e. The highest BCUT2D eigenvalue weighted by atomic mass is 35.5. The van der Waals surface area contributed by atoms with Crippen LogP contribution in [-0.2, 0) is 12.8 Å². The van der Waals surface area contributed by atoms with Crippen LogP contribution < -0.4 is 5.32 Å². The van der Waals surface area contributed by atoms with Crippen molar-refractivity contribution in [1.29, 1.82) is 0 Å². The van der Waals surface area contributed by atoms with Crippen molar-refractivity contribution in [2.75, 3.05) is 11.9 Å². The predicted molar refractivity (Wildman–Crippen MR) is 114 cm³/mol. The first-order valence-electron chi connectivity index (χ1n) is 8.77. The van der Waals surface area contributed by atoms with Crippen LogP contribution in [0.25, 0.3) is 5.69 Å². The second kappa shape index (κ2) is 7.92. The van der Waals surface area contributed by atoms with Crippen LogP contribution >= 0.6 is 46.4 Å². The number of aromatic nitrogens is 2. The molecule has 0 fully saturated rings. The van der Waals surface area contributed by atoms with Gasteiger partial charge in [0.25, 0.3) is 0 Å². The van der Waals surface area contributed by atoms with Gasteiger partial charge in [0.05, 0.1) is 16.4 Å². The largest absolute Gasteiger partial charge is 0.370 e. The molecule has 0 aliphatic carbocycles. The number of nitrogens with one attached hydrogen (secondary N) is 1. The van der Waals surface area contributed by atoms with E-state index in [1.54, 1.807) is 18.2 Å². The zero-order chi connectivity index (χ0) is 19.0. The van der Waals surface area contributed by atoms with E-state index in [2.05, 4.69) is 5.32 Å². The zero-order valence-corrected chi connectivity index (χ0v) is 17.4. The Morgan fingerprint density at radius 1 is 0.926 bits per heavy atom. The van der Waals surface area contributed by atoms with Crippen LogP contribution in [0.4, 0.5) is 5.82 Å². The number of hydrogen-bond donors (Lipinski definition) is 1. The molecule has 0 atom stereocenters. The van der Waals surface area contributed by atoms with E-state index in [-0.39, 0.29) is 0 Å². The highest BCUT2D eigenvalue weighted by Crippen LogP contribution is 2.34. The number of rotatable bonds is 3. The van der Waals surface area contributed by atoms with Crippen LogP contribution in [0.2, 0.25) is 20.1 Å². The summed E-state index contributed by atoms with van der Waals surface area (Å²) in [6.45, 7) is 0.901. The van der Waals surface area contributed by atoms with Gasteiger partial charge < -0.3 is 5.32 Å². The molecule has 4 rings (SSSR count). The van der Waals surface area contributed by atoms with E-state index in [9.17, 15) is 0 Å². The molecule has 7 heteroatoms. The van der Waals surface area contributed by atoms with Crippen molar-refractivity contribution in [3.05, 3.63) is 73.3 Å². The molecule has 0 saturated heterocycles. The molecule has 2 aromatic carbocycles. The summed E-state index contributed by atoms with van der Waals surface area (Å²) in [5.74, 6) is 0.983. The van der Waals surface area contributed by atoms with Crippen molar-refractivity contribution in [2.24, 2.45) is 0 Å². The fourth-order valence-electron chi connectivity index (χ4n) is 3.38. The molecule has 0 unspecified atom stereocenters. The third kappa shape index (κ3) is 3.93. The molecule has 1 N–H and O–H groups in total. The Labute approximate surface area is 178 Å². The summed E-state index contributed by atoms with van der Waals surface area (Å²) >= 11 is 25.1. The van der Waals surface area contributed by atoms with E-state index in [0.29, 0.717) is 26.5 Å². The number of halogens is 4. The summed E-state index contributed by atoms with van der Waals surface area (Å²) < 4.78 is 1.87.